The highest BCUT2D eigenvalue weighted by molar-refractivity contribution is 5.95. The number of rotatable bonds is 5. The van der Waals surface area contributed by atoms with Crippen LogP contribution in [0.1, 0.15) is 19.4 Å². The molecule has 14 heteroatoms. The van der Waals surface area contributed by atoms with E-state index in [4.69, 9.17) is 0 Å². The Hall–Kier alpha value is -4.38. The van der Waals surface area contributed by atoms with Gasteiger partial charge in [0, 0.05) is 33.2 Å². The second-order valence-electron chi connectivity index (χ2n) is 8.93. The number of anilines is 1. The molecule has 0 amide bonds. The van der Waals surface area contributed by atoms with Crippen molar-refractivity contribution in [3.8, 4) is 11.8 Å². The molecule has 1 saturated heterocycles. The predicted octanol–water partition coefficient (Wildman–Crippen LogP) is 0.725. The summed E-state index contributed by atoms with van der Waals surface area (Å²) < 4.78 is 46.4. The predicted molar refractivity (Wildman–Crippen MR) is 134 cm³/mol. The molecule has 1 unspecified atom stereocenters. The first-order valence-electron chi connectivity index (χ1n) is 11.9. The molecule has 0 saturated carbocycles. The molecule has 2 aromatic heterocycles. The lowest BCUT2D eigenvalue weighted by Gasteiger charge is -2.30. The van der Waals surface area contributed by atoms with Crippen LogP contribution < -0.4 is 21.5 Å². The quantitative estimate of drug-likeness (QED) is 0.283. The van der Waals surface area contributed by atoms with E-state index in [1.807, 2.05) is 4.90 Å². The molecule has 0 aliphatic carbocycles. The van der Waals surface area contributed by atoms with E-state index in [-0.39, 0.29) is 23.3 Å². The molecule has 0 bridgehead atoms. The van der Waals surface area contributed by atoms with E-state index in [2.05, 4.69) is 26.9 Å². The van der Waals surface area contributed by atoms with Crippen molar-refractivity contribution in [1.29, 1.82) is 0 Å². The van der Waals surface area contributed by atoms with Crippen LogP contribution >= 0.6 is 0 Å². The zero-order valence-corrected chi connectivity index (χ0v) is 21.3. The number of nitrogens with one attached hydrogen (secondary N) is 1. The van der Waals surface area contributed by atoms with Crippen LogP contribution in [0.2, 0.25) is 0 Å². The molecule has 39 heavy (non-hydrogen) atoms. The Morgan fingerprint density at radius 3 is 2.33 bits per heavy atom. The fourth-order valence-corrected chi connectivity index (χ4v) is 4.44. The summed E-state index contributed by atoms with van der Waals surface area (Å²) >= 11 is 0. The number of esters is 2. The van der Waals surface area contributed by atoms with Crippen LogP contribution in [0.5, 0.6) is 0 Å². The molecule has 0 spiro atoms. The first-order chi connectivity index (χ1) is 18.4. The van der Waals surface area contributed by atoms with E-state index in [0.29, 0.717) is 32.1 Å². The van der Waals surface area contributed by atoms with Crippen LogP contribution in [0.25, 0.3) is 11.2 Å². The Morgan fingerprint density at radius 1 is 1.10 bits per heavy atom. The number of carbonyl (C=O) groups excluding carboxylic acids is 2. The summed E-state index contributed by atoms with van der Waals surface area (Å²) in [5, 5.41) is 3.20. The Morgan fingerprint density at radius 2 is 1.74 bits per heavy atom. The average Bonchev–Trinajstić information content (AvgIpc) is 3.29. The van der Waals surface area contributed by atoms with Gasteiger partial charge in [-0.3, -0.25) is 18.5 Å². The third-order valence-electron chi connectivity index (χ3n) is 6.54. The number of aromatic nitrogens is 4. The third kappa shape index (κ3) is 4.81. The minimum absolute atomic E-state index is 0.0127. The van der Waals surface area contributed by atoms with Crippen LogP contribution in [-0.4, -0.2) is 63.0 Å². The second-order valence-corrected chi connectivity index (χ2v) is 8.93. The number of piperazine rings is 1. The average molecular weight is 547 g/mol. The monoisotopic (exact) mass is 546 g/mol. The van der Waals surface area contributed by atoms with Gasteiger partial charge in [0.2, 0.25) is 5.95 Å². The number of hydrogen-bond acceptors (Lipinski definition) is 8. The molecule has 1 aliphatic rings. The molecule has 1 aromatic carbocycles. The van der Waals surface area contributed by atoms with Crippen molar-refractivity contribution in [2.45, 2.75) is 32.1 Å². The van der Waals surface area contributed by atoms with Crippen molar-refractivity contribution >= 4 is 29.1 Å². The van der Waals surface area contributed by atoms with Crippen LogP contribution in [0.3, 0.4) is 0 Å². The summed E-state index contributed by atoms with van der Waals surface area (Å²) in [7, 11) is 1.17. The minimum atomic E-state index is -5.47. The van der Waals surface area contributed by atoms with E-state index in [9.17, 15) is 32.3 Å². The molecule has 1 aliphatic heterocycles. The summed E-state index contributed by atoms with van der Waals surface area (Å²) in [6, 6.07) is 7.37. The van der Waals surface area contributed by atoms with Gasteiger partial charge in [-0.2, -0.15) is 18.2 Å². The Labute approximate surface area is 219 Å². The Bertz CT molecular complexity index is 1610. The molecule has 1 fully saturated rings. The highest BCUT2D eigenvalue weighted by Crippen LogP contribution is 2.31. The Balaban J connectivity index is 2.10. The van der Waals surface area contributed by atoms with Crippen LogP contribution in [0, 0.1) is 11.8 Å². The maximum Gasteiger partial charge on any atom is 0.491 e. The van der Waals surface area contributed by atoms with Gasteiger partial charge in [0.25, 0.3) is 5.56 Å². The number of imidazole rings is 1. The molecule has 3 aromatic rings. The Kier molecular flexibility index (Phi) is 7.38. The van der Waals surface area contributed by atoms with Crippen LogP contribution in [0.15, 0.2) is 39.9 Å². The zero-order chi connectivity index (χ0) is 28.5. The molecule has 1 atom stereocenters. The normalized spacial score (nSPS) is 15.4. The maximum absolute atomic E-state index is 13.6. The molecule has 206 valence electrons. The zero-order valence-electron chi connectivity index (χ0n) is 21.3. The highest BCUT2D eigenvalue weighted by Gasteiger charge is 2.49. The second kappa shape index (κ2) is 10.4. The van der Waals surface area contributed by atoms with E-state index < -0.39 is 34.9 Å². The third-order valence-corrected chi connectivity index (χ3v) is 6.54. The van der Waals surface area contributed by atoms with Gasteiger partial charge in [-0.25, -0.2) is 14.4 Å². The molecule has 4 rings (SSSR count). The van der Waals surface area contributed by atoms with Gasteiger partial charge in [0.05, 0.1) is 6.54 Å². The summed E-state index contributed by atoms with van der Waals surface area (Å²) in [4.78, 5) is 58.6. The number of alkyl halides is 3. The van der Waals surface area contributed by atoms with Crippen molar-refractivity contribution in [3.63, 3.8) is 0 Å². The topological polar surface area (TPSA) is 120 Å². The molecule has 0 radical (unpaired) electrons. The number of hydrogen-bond donors (Lipinski definition) is 1. The summed E-state index contributed by atoms with van der Waals surface area (Å²) in [5.74, 6) is 1.49. The smallest absolute Gasteiger partial charge is 0.384 e. The number of ether oxygens (including phenoxy) is 1. The lowest BCUT2D eigenvalue weighted by Crippen LogP contribution is -2.52. The first-order valence-corrected chi connectivity index (χ1v) is 11.9. The van der Waals surface area contributed by atoms with Crippen molar-refractivity contribution in [2.75, 3.05) is 31.1 Å². The van der Waals surface area contributed by atoms with E-state index in [1.54, 1.807) is 13.0 Å². The van der Waals surface area contributed by atoms with Gasteiger partial charge in [-0.1, -0.05) is 36.3 Å². The molecular formula is C25H25F3N6O5. The summed E-state index contributed by atoms with van der Waals surface area (Å²) in [5.41, 5.74) is -4.46. The fraction of sp³-hybridized carbons (Fsp3) is 0.400. The van der Waals surface area contributed by atoms with Crippen molar-refractivity contribution in [1.82, 2.24) is 24.0 Å². The molecular weight excluding hydrogens is 521 g/mol. The van der Waals surface area contributed by atoms with Crippen LogP contribution in [0.4, 0.5) is 19.1 Å². The van der Waals surface area contributed by atoms with Gasteiger partial charge in [0.15, 0.2) is 16.7 Å². The van der Waals surface area contributed by atoms with E-state index in [1.165, 1.54) is 35.9 Å². The minimum Gasteiger partial charge on any atom is -0.384 e. The first kappa shape index (κ1) is 27.6. The van der Waals surface area contributed by atoms with E-state index in [0.717, 1.165) is 16.1 Å². The van der Waals surface area contributed by atoms with Gasteiger partial charge >= 0.3 is 23.8 Å². The van der Waals surface area contributed by atoms with Gasteiger partial charge < -0.3 is 15.0 Å². The summed E-state index contributed by atoms with van der Waals surface area (Å²) in [6.45, 7) is 4.99. The number of carbonyl (C=O) groups is 2. The lowest BCUT2D eigenvalue weighted by atomic mass is 9.91. The van der Waals surface area contributed by atoms with Gasteiger partial charge in [-0.05, 0) is 19.4 Å². The fourth-order valence-electron chi connectivity index (χ4n) is 4.44. The molecule has 3 heterocycles. The maximum atomic E-state index is 13.6. The van der Waals surface area contributed by atoms with Crippen molar-refractivity contribution in [3.05, 3.63) is 56.7 Å². The summed E-state index contributed by atoms with van der Waals surface area (Å²) in [6.07, 6.45) is -5.47. The van der Waals surface area contributed by atoms with E-state index >= 15 is 0 Å². The van der Waals surface area contributed by atoms with Crippen molar-refractivity contribution in [2.24, 2.45) is 7.05 Å². The number of nitrogens with zero attached hydrogens (tertiary/aromatic N) is 5. The largest absolute Gasteiger partial charge is 0.491 e. The van der Waals surface area contributed by atoms with Gasteiger partial charge in [-0.15, -0.1) is 5.92 Å². The number of fused-ring (bicyclic) bond motifs is 1. The number of benzene rings is 1. The number of halogens is 3. The van der Waals surface area contributed by atoms with Gasteiger partial charge in [0.1, 0.15) is 0 Å². The molecule has 11 nitrogen and oxygen atoms in total. The molecule has 1 N–H and O–H groups in total. The SMILES string of the molecule is CC#CCn1c(N2CCNCC2)nc2c1c(=O)n(C)c(=O)n2C(C)(C(=O)OC(=O)C(F)(F)F)c1ccccc1. The van der Waals surface area contributed by atoms with Crippen LogP contribution in [-0.2, 0) is 33.5 Å². The lowest BCUT2D eigenvalue weighted by molar-refractivity contribution is -0.204. The standard InChI is InChI=1S/C25H25F3N6O5/c1-4-5-13-33-17-18(30-22(33)32-14-11-29-12-15-32)34(23(38)31(3)19(17)35)24(2,16-9-7-6-8-10-16)20(36)39-21(37)25(26,27)28/h6-10,29H,11-15H2,1-3H3. The highest BCUT2D eigenvalue weighted by atomic mass is 19.4. The van der Waals surface area contributed by atoms with Crippen molar-refractivity contribution < 1.29 is 27.5 Å².